The summed E-state index contributed by atoms with van der Waals surface area (Å²) >= 11 is 3.22. The first kappa shape index (κ1) is 12.4. The lowest BCUT2D eigenvalue weighted by atomic mass is 10.4. The second-order valence-electron chi connectivity index (χ2n) is 2.97. The molecular weight excluding hydrogens is 282 g/mol. The predicted molar refractivity (Wildman–Crippen MR) is 62.6 cm³/mol. The van der Waals surface area contributed by atoms with E-state index in [4.69, 9.17) is 5.11 Å². The Morgan fingerprint density at radius 1 is 1.67 bits per heavy atom. The van der Waals surface area contributed by atoms with Crippen LogP contribution in [0.25, 0.3) is 0 Å². The maximum Gasteiger partial charge on any atom is 0.352 e. The summed E-state index contributed by atoms with van der Waals surface area (Å²) in [6.07, 6.45) is 1.69. The number of carbonyl (C=O) groups is 1. The molecule has 0 saturated heterocycles. The van der Waals surface area contributed by atoms with Gasteiger partial charge in [-0.05, 0) is 22.0 Å². The molecule has 0 saturated carbocycles. The van der Waals surface area contributed by atoms with Crippen LogP contribution in [-0.4, -0.2) is 31.4 Å². The Balaban J connectivity index is 2.75. The molecule has 4 nitrogen and oxygen atoms in total. The molecule has 1 aromatic heterocycles. The minimum Gasteiger partial charge on any atom is -0.477 e. The van der Waals surface area contributed by atoms with Gasteiger partial charge in [-0.15, -0.1) is 0 Å². The minimum absolute atomic E-state index is 0.218. The van der Waals surface area contributed by atoms with Crippen LogP contribution in [0.1, 0.15) is 17.4 Å². The van der Waals surface area contributed by atoms with E-state index in [0.29, 0.717) is 18.1 Å². The summed E-state index contributed by atoms with van der Waals surface area (Å²) in [5.41, 5.74) is 0.218. The molecule has 6 heteroatoms. The number of aromatic carboxylic acids is 1. The number of halogens is 1. The zero-order valence-electron chi connectivity index (χ0n) is 8.27. The SMILES string of the molecule is CCS(=O)CCn1cc(Br)cc1C(=O)O. The van der Waals surface area contributed by atoms with Gasteiger partial charge in [-0.3, -0.25) is 4.21 Å². The Hall–Kier alpha value is -0.620. The summed E-state index contributed by atoms with van der Waals surface area (Å²) < 4.78 is 13.5. The van der Waals surface area contributed by atoms with E-state index in [2.05, 4.69) is 15.9 Å². The lowest BCUT2D eigenvalue weighted by molar-refractivity contribution is 0.0685. The van der Waals surface area contributed by atoms with Crippen LogP contribution in [-0.2, 0) is 17.3 Å². The van der Waals surface area contributed by atoms with Gasteiger partial charge in [-0.1, -0.05) is 6.92 Å². The molecule has 0 aromatic carbocycles. The molecule has 0 radical (unpaired) electrons. The molecular formula is C9H12BrNO3S. The number of nitrogens with zero attached hydrogens (tertiary/aromatic N) is 1. The van der Waals surface area contributed by atoms with Crippen molar-refractivity contribution in [1.29, 1.82) is 0 Å². The van der Waals surface area contributed by atoms with Gasteiger partial charge in [0, 0.05) is 39.5 Å². The third-order valence-electron chi connectivity index (χ3n) is 1.96. The summed E-state index contributed by atoms with van der Waals surface area (Å²) in [7, 11) is -0.869. The van der Waals surface area contributed by atoms with Crippen molar-refractivity contribution in [2.45, 2.75) is 13.5 Å². The van der Waals surface area contributed by atoms with Crippen LogP contribution in [0, 0.1) is 0 Å². The van der Waals surface area contributed by atoms with Crippen LogP contribution < -0.4 is 0 Å². The normalized spacial score (nSPS) is 12.7. The Morgan fingerprint density at radius 3 is 2.87 bits per heavy atom. The molecule has 15 heavy (non-hydrogen) atoms. The minimum atomic E-state index is -0.969. The molecule has 0 amide bonds. The average Bonchev–Trinajstić information content (AvgIpc) is 2.56. The lowest BCUT2D eigenvalue weighted by Gasteiger charge is -2.04. The molecule has 0 spiro atoms. The first-order valence-electron chi connectivity index (χ1n) is 4.48. The highest BCUT2D eigenvalue weighted by Gasteiger charge is 2.11. The molecule has 0 aliphatic heterocycles. The van der Waals surface area contributed by atoms with Crippen LogP contribution in [0.2, 0.25) is 0 Å². The first-order chi connectivity index (χ1) is 7.04. The fourth-order valence-electron chi connectivity index (χ4n) is 1.18. The van der Waals surface area contributed by atoms with Crippen LogP contribution in [0.5, 0.6) is 0 Å². The van der Waals surface area contributed by atoms with E-state index in [9.17, 15) is 9.00 Å². The standard InChI is InChI=1S/C9H12BrNO3S/c1-2-15(14)4-3-11-6-7(10)5-8(11)9(12)13/h5-6H,2-4H2,1H3,(H,12,13). The van der Waals surface area contributed by atoms with Gasteiger partial charge in [0.25, 0.3) is 0 Å². The summed E-state index contributed by atoms with van der Waals surface area (Å²) in [4.78, 5) is 10.8. The summed E-state index contributed by atoms with van der Waals surface area (Å²) in [5.74, 6) is 0.117. The van der Waals surface area contributed by atoms with E-state index in [0.717, 1.165) is 4.47 Å². The van der Waals surface area contributed by atoms with E-state index in [-0.39, 0.29) is 5.69 Å². The number of carboxylic acids is 1. The van der Waals surface area contributed by atoms with Crippen molar-refractivity contribution in [2.75, 3.05) is 11.5 Å². The fourth-order valence-corrected chi connectivity index (χ4v) is 2.34. The zero-order valence-corrected chi connectivity index (χ0v) is 10.7. The largest absolute Gasteiger partial charge is 0.477 e. The van der Waals surface area contributed by atoms with Gasteiger partial charge in [0.1, 0.15) is 5.69 Å². The van der Waals surface area contributed by atoms with Crippen molar-refractivity contribution < 1.29 is 14.1 Å². The zero-order chi connectivity index (χ0) is 11.4. The molecule has 1 unspecified atom stereocenters. The van der Waals surface area contributed by atoms with Crippen molar-refractivity contribution in [3.8, 4) is 0 Å². The highest BCUT2D eigenvalue weighted by Crippen LogP contribution is 2.15. The molecule has 84 valence electrons. The third kappa shape index (κ3) is 3.46. The first-order valence-corrected chi connectivity index (χ1v) is 6.76. The fraction of sp³-hybridized carbons (Fsp3) is 0.444. The Bertz CT molecular complexity index is 389. The molecule has 1 N–H and O–H groups in total. The summed E-state index contributed by atoms with van der Waals surface area (Å²) in [6.45, 7) is 2.31. The van der Waals surface area contributed by atoms with Gasteiger partial charge in [0.2, 0.25) is 0 Å². The van der Waals surface area contributed by atoms with Crippen molar-refractivity contribution in [3.63, 3.8) is 0 Å². The van der Waals surface area contributed by atoms with Gasteiger partial charge in [0.05, 0.1) is 0 Å². The Labute approximate surface area is 98.9 Å². The third-order valence-corrected chi connectivity index (χ3v) is 3.68. The predicted octanol–water partition coefficient (Wildman–Crippen LogP) is 1.72. The Morgan fingerprint density at radius 2 is 2.33 bits per heavy atom. The van der Waals surface area contributed by atoms with Crippen molar-refractivity contribution in [2.24, 2.45) is 0 Å². The summed E-state index contributed by atoms with van der Waals surface area (Å²) in [5, 5.41) is 8.88. The van der Waals surface area contributed by atoms with Crippen LogP contribution in [0.4, 0.5) is 0 Å². The smallest absolute Gasteiger partial charge is 0.352 e. The van der Waals surface area contributed by atoms with E-state index >= 15 is 0 Å². The number of hydrogen-bond acceptors (Lipinski definition) is 2. The molecule has 1 rings (SSSR count). The van der Waals surface area contributed by atoms with Gasteiger partial charge >= 0.3 is 5.97 Å². The van der Waals surface area contributed by atoms with E-state index in [1.54, 1.807) is 10.8 Å². The maximum absolute atomic E-state index is 11.2. The highest BCUT2D eigenvalue weighted by molar-refractivity contribution is 9.10. The van der Waals surface area contributed by atoms with Crippen molar-refractivity contribution >= 4 is 32.7 Å². The van der Waals surface area contributed by atoms with E-state index in [1.807, 2.05) is 6.92 Å². The molecule has 1 heterocycles. The molecule has 0 fully saturated rings. The van der Waals surface area contributed by atoms with Crippen LogP contribution >= 0.6 is 15.9 Å². The number of aryl methyl sites for hydroxylation is 1. The molecule has 1 atom stereocenters. The quantitative estimate of drug-likeness (QED) is 0.899. The molecule has 1 aromatic rings. The molecule has 0 bridgehead atoms. The number of hydrogen-bond donors (Lipinski definition) is 1. The van der Waals surface area contributed by atoms with Crippen LogP contribution in [0.3, 0.4) is 0 Å². The number of carboxylic acid groups (broad SMARTS) is 1. The van der Waals surface area contributed by atoms with E-state index < -0.39 is 16.8 Å². The lowest BCUT2D eigenvalue weighted by Crippen LogP contribution is -2.13. The van der Waals surface area contributed by atoms with Gasteiger partial charge < -0.3 is 9.67 Å². The van der Waals surface area contributed by atoms with Gasteiger partial charge in [-0.2, -0.15) is 0 Å². The van der Waals surface area contributed by atoms with Crippen molar-refractivity contribution in [1.82, 2.24) is 4.57 Å². The topological polar surface area (TPSA) is 59.3 Å². The molecule has 0 aliphatic rings. The van der Waals surface area contributed by atoms with Gasteiger partial charge in [0.15, 0.2) is 0 Å². The second-order valence-corrected chi connectivity index (χ2v) is 5.76. The van der Waals surface area contributed by atoms with E-state index in [1.165, 1.54) is 6.07 Å². The highest BCUT2D eigenvalue weighted by atomic mass is 79.9. The average molecular weight is 294 g/mol. The Kier molecular flexibility index (Phi) is 4.53. The molecule has 0 aliphatic carbocycles. The van der Waals surface area contributed by atoms with Gasteiger partial charge in [-0.25, -0.2) is 4.79 Å². The number of rotatable bonds is 5. The van der Waals surface area contributed by atoms with Crippen molar-refractivity contribution in [3.05, 3.63) is 22.4 Å². The monoisotopic (exact) mass is 293 g/mol. The number of aromatic nitrogens is 1. The maximum atomic E-state index is 11.2. The second kappa shape index (κ2) is 5.46. The summed E-state index contributed by atoms with van der Waals surface area (Å²) in [6, 6.07) is 1.54. The van der Waals surface area contributed by atoms with Crippen LogP contribution in [0.15, 0.2) is 16.7 Å².